The first kappa shape index (κ1) is 16.3. The Balaban J connectivity index is 2.51. The van der Waals surface area contributed by atoms with E-state index >= 15 is 0 Å². The van der Waals surface area contributed by atoms with E-state index in [4.69, 9.17) is 9.15 Å². The topological polar surface area (TPSA) is 86.0 Å². The molecule has 0 aliphatic rings. The summed E-state index contributed by atoms with van der Waals surface area (Å²) >= 11 is 1.44. The molecule has 2 heterocycles. The molecule has 0 unspecified atom stereocenters. The van der Waals surface area contributed by atoms with E-state index in [1.807, 2.05) is 10.8 Å². The van der Waals surface area contributed by atoms with Gasteiger partial charge in [-0.1, -0.05) is 0 Å². The van der Waals surface area contributed by atoms with Crippen LogP contribution in [0.5, 0.6) is 5.75 Å². The molecule has 0 aliphatic carbocycles. The number of methoxy groups -OCH3 is 2. The summed E-state index contributed by atoms with van der Waals surface area (Å²) in [5.74, 6) is -1.23. The fourth-order valence-electron chi connectivity index (χ4n) is 2.09. The van der Waals surface area contributed by atoms with Crippen molar-refractivity contribution in [3.8, 4) is 5.75 Å². The molecular weight excluding hydrogens is 308 g/mol. The molecule has 0 saturated heterocycles. The SMILES string of the molecule is COCc1cc(=O)c(O)c([C@H](CC(=O)OC)c2ccsc2)o1. The molecule has 2 rings (SSSR count). The largest absolute Gasteiger partial charge is 0.502 e. The first-order valence-electron chi connectivity index (χ1n) is 6.50. The van der Waals surface area contributed by atoms with Gasteiger partial charge in [0.05, 0.1) is 19.4 Å². The second-order valence-electron chi connectivity index (χ2n) is 4.61. The number of aromatic hydroxyl groups is 1. The lowest BCUT2D eigenvalue weighted by atomic mass is 9.94. The maximum Gasteiger partial charge on any atom is 0.306 e. The fourth-order valence-corrected chi connectivity index (χ4v) is 2.80. The first-order chi connectivity index (χ1) is 10.6. The van der Waals surface area contributed by atoms with Crippen molar-refractivity contribution in [1.29, 1.82) is 0 Å². The van der Waals surface area contributed by atoms with Crippen LogP contribution in [0.4, 0.5) is 0 Å². The van der Waals surface area contributed by atoms with E-state index in [0.29, 0.717) is 0 Å². The normalized spacial score (nSPS) is 12.1. The van der Waals surface area contributed by atoms with Gasteiger partial charge in [0.1, 0.15) is 12.4 Å². The maximum absolute atomic E-state index is 11.9. The van der Waals surface area contributed by atoms with E-state index in [1.54, 1.807) is 6.07 Å². The Morgan fingerprint density at radius 3 is 2.82 bits per heavy atom. The van der Waals surface area contributed by atoms with Crippen molar-refractivity contribution < 1.29 is 23.8 Å². The van der Waals surface area contributed by atoms with Crippen LogP contribution in [0.1, 0.15) is 29.4 Å². The average molecular weight is 324 g/mol. The quantitative estimate of drug-likeness (QED) is 0.820. The van der Waals surface area contributed by atoms with Crippen molar-refractivity contribution >= 4 is 17.3 Å². The zero-order valence-corrected chi connectivity index (χ0v) is 13.0. The highest BCUT2D eigenvalue weighted by Gasteiger charge is 2.26. The maximum atomic E-state index is 11.9. The van der Waals surface area contributed by atoms with Gasteiger partial charge in [-0.15, -0.1) is 0 Å². The van der Waals surface area contributed by atoms with Crippen molar-refractivity contribution in [1.82, 2.24) is 0 Å². The molecule has 0 amide bonds. The highest BCUT2D eigenvalue weighted by atomic mass is 32.1. The Morgan fingerprint density at radius 2 is 2.23 bits per heavy atom. The van der Waals surface area contributed by atoms with E-state index in [9.17, 15) is 14.7 Å². The van der Waals surface area contributed by atoms with Gasteiger partial charge in [0.2, 0.25) is 11.2 Å². The van der Waals surface area contributed by atoms with E-state index < -0.39 is 23.1 Å². The number of carbonyl (C=O) groups excluding carboxylic acids is 1. The van der Waals surface area contributed by atoms with Crippen LogP contribution in [-0.4, -0.2) is 25.3 Å². The van der Waals surface area contributed by atoms with Crippen LogP contribution in [0, 0.1) is 0 Å². The highest BCUT2D eigenvalue weighted by molar-refractivity contribution is 7.08. The van der Waals surface area contributed by atoms with Crippen molar-refractivity contribution in [2.24, 2.45) is 0 Å². The predicted octanol–water partition coefficient (Wildman–Crippen LogP) is 2.25. The smallest absolute Gasteiger partial charge is 0.306 e. The minimum absolute atomic E-state index is 0.0415. The monoisotopic (exact) mass is 324 g/mol. The molecule has 2 aromatic rings. The molecule has 6 nitrogen and oxygen atoms in total. The zero-order chi connectivity index (χ0) is 16.1. The van der Waals surface area contributed by atoms with E-state index in [1.165, 1.54) is 31.6 Å². The standard InChI is InChI=1S/C15H16O6S/c1-19-7-10-5-12(16)14(18)15(21-10)11(6-13(17)20-2)9-3-4-22-8-9/h3-5,8,11,18H,6-7H2,1-2H3/t11-/m1/s1. The number of hydrogen-bond acceptors (Lipinski definition) is 7. The molecule has 7 heteroatoms. The van der Waals surface area contributed by atoms with Gasteiger partial charge >= 0.3 is 5.97 Å². The summed E-state index contributed by atoms with van der Waals surface area (Å²) in [6.07, 6.45) is -0.0415. The highest BCUT2D eigenvalue weighted by Crippen LogP contribution is 2.34. The number of carbonyl (C=O) groups is 1. The summed E-state index contributed by atoms with van der Waals surface area (Å²) in [6, 6.07) is 2.98. The Kier molecular flexibility index (Phi) is 5.35. The predicted molar refractivity (Wildman–Crippen MR) is 80.2 cm³/mol. The number of hydrogen-bond donors (Lipinski definition) is 1. The van der Waals surface area contributed by atoms with Crippen LogP contribution in [-0.2, 0) is 20.9 Å². The molecule has 22 heavy (non-hydrogen) atoms. The molecule has 1 atom stereocenters. The van der Waals surface area contributed by atoms with Gasteiger partial charge in [-0.25, -0.2) is 0 Å². The second-order valence-corrected chi connectivity index (χ2v) is 5.39. The fraction of sp³-hybridized carbons (Fsp3) is 0.333. The van der Waals surface area contributed by atoms with Crippen molar-refractivity contribution in [2.75, 3.05) is 14.2 Å². The van der Waals surface area contributed by atoms with Gasteiger partial charge in [-0.2, -0.15) is 11.3 Å². The lowest BCUT2D eigenvalue weighted by Crippen LogP contribution is -2.13. The lowest BCUT2D eigenvalue weighted by molar-refractivity contribution is -0.140. The number of ether oxygens (including phenoxy) is 2. The summed E-state index contributed by atoms with van der Waals surface area (Å²) in [5, 5.41) is 13.7. The minimum Gasteiger partial charge on any atom is -0.502 e. The van der Waals surface area contributed by atoms with Gasteiger partial charge in [-0.3, -0.25) is 9.59 Å². The van der Waals surface area contributed by atoms with Crippen molar-refractivity contribution in [3.63, 3.8) is 0 Å². The molecule has 118 valence electrons. The Hall–Kier alpha value is -2.12. The molecule has 2 aromatic heterocycles. The van der Waals surface area contributed by atoms with Crippen LogP contribution in [0.15, 0.2) is 32.1 Å². The summed E-state index contributed by atoms with van der Waals surface area (Å²) in [4.78, 5) is 23.5. The summed E-state index contributed by atoms with van der Waals surface area (Å²) < 4.78 is 15.2. The third-order valence-corrected chi connectivity index (χ3v) is 3.85. The summed E-state index contributed by atoms with van der Waals surface area (Å²) in [5.41, 5.74) is 0.196. The molecule has 0 radical (unpaired) electrons. The number of esters is 1. The Labute approximate surface area is 130 Å². The van der Waals surface area contributed by atoms with Crippen LogP contribution >= 0.6 is 11.3 Å². The molecule has 0 aromatic carbocycles. The zero-order valence-electron chi connectivity index (χ0n) is 12.2. The number of rotatable bonds is 6. The molecule has 1 N–H and O–H groups in total. The van der Waals surface area contributed by atoms with Gasteiger partial charge < -0.3 is 19.0 Å². The Morgan fingerprint density at radius 1 is 1.45 bits per heavy atom. The number of thiophene rings is 1. The van der Waals surface area contributed by atoms with Crippen molar-refractivity contribution in [2.45, 2.75) is 18.9 Å². The molecular formula is C15H16O6S. The van der Waals surface area contributed by atoms with E-state index in [0.717, 1.165) is 5.56 Å². The van der Waals surface area contributed by atoms with E-state index in [-0.39, 0.29) is 24.5 Å². The van der Waals surface area contributed by atoms with Crippen molar-refractivity contribution in [3.05, 3.63) is 50.2 Å². The molecule has 0 saturated carbocycles. The van der Waals surface area contributed by atoms with Crippen LogP contribution < -0.4 is 5.43 Å². The van der Waals surface area contributed by atoms with Crippen LogP contribution in [0.3, 0.4) is 0 Å². The van der Waals surface area contributed by atoms with Gasteiger partial charge in [0, 0.05) is 13.2 Å². The van der Waals surface area contributed by atoms with Crippen LogP contribution in [0.2, 0.25) is 0 Å². The lowest BCUT2D eigenvalue weighted by Gasteiger charge is -2.16. The first-order valence-corrected chi connectivity index (χ1v) is 7.44. The molecule has 0 spiro atoms. The van der Waals surface area contributed by atoms with Crippen LogP contribution in [0.25, 0.3) is 0 Å². The summed E-state index contributed by atoms with van der Waals surface area (Å²) in [6.45, 7) is 0.0943. The third kappa shape index (κ3) is 3.55. The van der Waals surface area contributed by atoms with Gasteiger partial charge in [-0.05, 0) is 22.4 Å². The molecule has 0 aliphatic heterocycles. The minimum atomic E-state index is -0.594. The molecule has 0 fully saturated rings. The average Bonchev–Trinajstić information content (AvgIpc) is 3.02. The summed E-state index contributed by atoms with van der Waals surface area (Å²) in [7, 11) is 2.75. The third-order valence-electron chi connectivity index (χ3n) is 3.15. The van der Waals surface area contributed by atoms with Gasteiger partial charge in [0.15, 0.2) is 5.76 Å². The van der Waals surface area contributed by atoms with E-state index in [2.05, 4.69) is 4.74 Å². The second kappa shape index (κ2) is 7.24. The Bertz CT molecular complexity index is 689. The molecule has 0 bridgehead atoms. The van der Waals surface area contributed by atoms with Gasteiger partial charge in [0.25, 0.3) is 0 Å².